The maximum absolute atomic E-state index is 14.1. The van der Waals surface area contributed by atoms with Gasteiger partial charge in [-0.05, 0) is 66.8 Å². The molecule has 3 rings (SSSR count). The SMILES string of the molecule is CN1CCCC2CN(C(=O)c3cccc(Br)c3F)CCC21. The summed E-state index contributed by atoms with van der Waals surface area (Å²) in [6.07, 6.45) is 3.34. The molecular formula is C16H20BrFN2O. The second kappa shape index (κ2) is 6.05. The largest absolute Gasteiger partial charge is 0.338 e. The van der Waals surface area contributed by atoms with E-state index in [0.717, 1.165) is 26.1 Å². The highest BCUT2D eigenvalue weighted by molar-refractivity contribution is 9.10. The maximum atomic E-state index is 14.1. The summed E-state index contributed by atoms with van der Waals surface area (Å²) >= 11 is 3.15. The molecule has 2 aliphatic heterocycles. The smallest absolute Gasteiger partial charge is 0.256 e. The van der Waals surface area contributed by atoms with Crippen LogP contribution in [-0.2, 0) is 0 Å². The summed E-state index contributed by atoms with van der Waals surface area (Å²) in [5.74, 6) is -0.109. The van der Waals surface area contributed by atoms with E-state index < -0.39 is 5.82 Å². The third-order valence-corrected chi connectivity index (χ3v) is 5.43. The maximum Gasteiger partial charge on any atom is 0.256 e. The van der Waals surface area contributed by atoms with Crippen molar-refractivity contribution in [3.05, 3.63) is 34.1 Å². The second-order valence-corrected chi connectivity index (χ2v) is 6.95. The molecule has 0 N–H and O–H groups in total. The minimum Gasteiger partial charge on any atom is -0.338 e. The molecule has 0 saturated carbocycles. The molecule has 2 atom stereocenters. The average molecular weight is 355 g/mol. The predicted molar refractivity (Wildman–Crippen MR) is 83.8 cm³/mol. The van der Waals surface area contributed by atoms with Gasteiger partial charge in [-0.3, -0.25) is 4.79 Å². The minimum absolute atomic E-state index is 0.173. The van der Waals surface area contributed by atoms with Crippen LogP contribution >= 0.6 is 15.9 Å². The van der Waals surface area contributed by atoms with Crippen LogP contribution in [-0.4, -0.2) is 48.4 Å². The molecule has 0 spiro atoms. The van der Waals surface area contributed by atoms with Gasteiger partial charge in [-0.2, -0.15) is 0 Å². The van der Waals surface area contributed by atoms with E-state index in [1.807, 2.05) is 4.90 Å². The van der Waals surface area contributed by atoms with Gasteiger partial charge < -0.3 is 9.80 Å². The number of halogens is 2. The number of carbonyl (C=O) groups excluding carboxylic acids is 1. The number of rotatable bonds is 1. The Morgan fingerprint density at radius 1 is 1.33 bits per heavy atom. The van der Waals surface area contributed by atoms with Gasteiger partial charge in [0, 0.05) is 19.1 Å². The van der Waals surface area contributed by atoms with Gasteiger partial charge in [0.15, 0.2) is 0 Å². The lowest BCUT2D eigenvalue weighted by Gasteiger charge is -2.46. The highest BCUT2D eigenvalue weighted by Crippen LogP contribution is 2.30. The number of fused-ring (bicyclic) bond motifs is 1. The number of benzene rings is 1. The first-order valence-corrected chi connectivity index (χ1v) is 8.30. The van der Waals surface area contributed by atoms with Crippen LogP contribution < -0.4 is 0 Å². The Bertz CT molecular complexity index is 551. The molecule has 114 valence electrons. The van der Waals surface area contributed by atoms with E-state index in [-0.39, 0.29) is 11.5 Å². The molecule has 0 bridgehead atoms. The number of likely N-dealkylation sites (tertiary alicyclic amines) is 2. The van der Waals surface area contributed by atoms with E-state index in [2.05, 4.69) is 27.9 Å². The van der Waals surface area contributed by atoms with Crippen molar-refractivity contribution >= 4 is 21.8 Å². The van der Waals surface area contributed by atoms with Crippen molar-refractivity contribution in [2.24, 2.45) is 5.92 Å². The highest BCUT2D eigenvalue weighted by Gasteiger charge is 2.36. The van der Waals surface area contributed by atoms with Crippen LogP contribution in [0.4, 0.5) is 4.39 Å². The number of hydrogen-bond donors (Lipinski definition) is 0. The van der Waals surface area contributed by atoms with Gasteiger partial charge in [0.1, 0.15) is 5.82 Å². The molecule has 2 aliphatic rings. The molecule has 21 heavy (non-hydrogen) atoms. The molecule has 0 aromatic heterocycles. The van der Waals surface area contributed by atoms with Gasteiger partial charge in [0.25, 0.3) is 5.91 Å². The topological polar surface area (TPSA) is 23.6 Å². The molecule has 2 unspecified atom stereocenters. The summed E-state index contributed by atoms with van der Waals surface area (Å²) in [5, 5.41) is 0. The first kappa shape index (κ1) is 15.0. The van der Waals surface area contributed by atoms with Crippen molar-refractivity contribution in [3.63, 3.8) is 0 Å². The van der Waals surface area contributed by atoms with E-state index in [1.165, 1.54) is 12.8 Å². The minimum atomic E-state index is -0.453. The molecule has 0 aliphatic carbocycles. The summed E-state index contributed by atoms with van der Waals surface area (Å²) in [7, 11) is 2.17. The van der Waals surface area contributed by atoms with Crippen molar-refractivity contribution in [1.82, 2.24) is 9.80 Å². The standard InChI is InChI=1S/C16H20BrFN2O/c1-19-8-3-4-11-10-20(9-7-14(11)19)16(21)12-5-2-6-13(17)15(12)18/h2,5-6,11,14H,3-4,7-10H2,1H3. The van der Waals surface area contributed by atoms with Crippen molar-refractivity contribution in [1.29, 1.82) is 0 Å². The van der Waals surface area contributed by atoms with Crippen LogP contribution in [0, 0.1) is 11.7 Å². The molecule has 5 heteroatoms. The van der Waals surface area contributed by atoms with Crippen molar-refractivity contribution < 1.29 is 9.18 Å². The fourth-order valence-electron chi connectivity index (χ4n) is 3.68. The number of piperidine rings is 2. The Morgan fingerprint density at radius 2 is 2.14 bits per heavy atom. The molecule has 1 amide bonds. The first-order chi connectivity index (χ1) is 10.1. The average Bonchev–Trinajstić information content (AvgIpc) is 2.49. The molecule has 2 fully saturated rings. The number of nitrogens with zero attached hydrogens (tertiary/aromatic N) is 2. The first-order valence-electron chi connectivity index (χ1n) is 7.51. The molecule has 0 radical (unpaired) electrons. The number of amides is 1. The van der Waals surface area contributed by atoms with Gasteiger partial charge in [-0.1, -0.05) is 6.07 Å². The predicted octanol–water partition coefficient (Wildman–Crippen LogP) is 3.14. The van der Waals surface area contributed by atoms with E-state index in [4.69, 9.17) is 0 Å². The van der Waals surface area contributed by atoms with Crippen molar-refractivity contribution in [2.45, 2.75) is 25.3 Å². The Morgan fingerprint density at radius 3 is 2.95 bits per heavy atom. The third-order valence-electron chi connectivity index (χ3n) is 4.81. The Hall–Kier alpha value is -0.940. The Kier molecular flexibility index (Phi) is 4.31. The van der Waals surface area contributed by atoms with Crippen LogP contribution in [0.25, 0.3) is 0 Å². The summed E-state index contributed by atoms with van der Waals surface area (Å²) in [4.78, 5) is 16.8. The Balaban J connectivity index is 1.76. The van der Waals surface area contributed by atoms with E-state index in [1.54, 1.807) is 18.2 Å². The van der Waals surface area contributed by atoms with E-state index in [0.29, 0.717) is 16.4 Å². The van der Waals surface area contributed by atoms with Crippen molar-refractivity contribution in [2.75, 3.05) is 26.7 Å². The molecule has 2 heterocycles. The second-order valence-electron chi connectivity index (χ2n) is 6.09. The Labute approximate surface area is 133 Å². The summed E-state index contributed by atoms with van der Waals surface area (Å²) in [6.45, 7) is 2.62. The van der Waals surface area contributed by atoms with Crippen LogP contribution in [0.3, 0.4) is 0 Å². The monoisotopic (exact) mass is 354 g/mol. The van der Waals surface area contributed by atoms with Crippen LogP contribution in [0.15, 0.2) is 22.7 Å². The zero-order valence-electron chi connectivity index (χ0n) is 12.2. The van der Waals surface area contributed by atoms with Crippen LogP contribution in [0.1, 0.15) is 29.6 Å². The van der Waals surface area contributed by atoms with Gasteiger partial charge in [0.05, 0.1) is 10.0 Å². The van der Waals surface area contributed by atoms with Crippen LogP contribution in [0.5, 0.6) is 0 Å². The van der Waals surface area contributed by atoms with E-state index >= 15 is 0 Å². The lowest BCUT2D eigenvalue weighted by atomic mass is 9.84. The molecule has 3 nitrogen and oxygen atoms in total. The lowest BCUT2D eigenvalue weighted by Crippen LogP contribution is -2.54. The van der Waals surface area contributed by atoms with Crippen molar-refractivity contribution in [3.8, 4) is 0 Å². The fourth-order valence-corrected chi connectivity index (χ4v) is 4.04. The van der Waals surface area contributed by atoms with Crippen LogP contribution in [0.2, 0.25) is 0 Å². The zero-order chi connectivity index (χ0) is 15.0. The van der Waals surface area contributed by atoms with Gasteiger partial charge in [0.2, 0.25) is 0 Å². The summed E-state index contributed by atoms with van der Waals surface area (Å²) in [6, 6.07) is 5.48. The molecule has 1 aromatic rings. The fraction of sp³-hybridized carbons (Fsp3) is 0.562. The molecule has 2 saturated heterocycles. The normalized spacial score (nSPS) is 26.5. The van der Waals surface area contributed by atoms with Gasteiger partial charge in [-0.25, -0.2) is 4.39 Å². The van der Waals surface area contributed by atoms with E-state index in [9.17, 15) is 9.18 Å². The quantitative estimate of drug-likeness (QED) is 0.773. The number of carbonyl (C=O) groups is 1. The molecule has 1 aromatic carbocycles. The third kappa shape index (κ3) is 2.86. The molecular weight excluding hydrogens is 335 g/mol. The number of hydrogen-bond acceptors (Lipinski definition) is 2. The highest BCUT2D eigenvalue weighted by atomic mass is 79.9. The lowest BCUT2D eigenvalue weighted by molar-refractivity contribution is 0.0314. The van der Waals surface area contributed by atoms with Gasteiger partial charge in [-0.15, -0.1) is 0 Å². The van der Waals surface area contributed by atoms with Gasteiger partial charge >= 0.3 is 0 Å². The summed E-state index contributed by atoms with van der Waals surface area (Å²) < 4.78 is 14.4. The summed E-state index contributed by atoms with van der Waals surface area (Å²) in [5.41, 5.74) is 0.173. The zero-order valence-corrected chi connectivity index (χ0v) is 13.8.